The largest absolute Gasteiger partial charge is 0.313 e. The third kappa shape index (κ3) is 6.32. The molecule has 0 fully saturated rings. The second-order valence-electron chi connectivity index (χ2n) is 3.68. The van der Waals surface area contributed by atoms with Crippen molar-refractivity contribution in [3.8, 4) is 0 Å². The lowest BCUT2D eigenvalue weighted by molar-refractivity contribution is 0.271. The van der Waals surface area contributed by atoms with Gasteiger partial charge in [0, 0.05) is 26.6 Å². The summed E-state index contributed by atoms with van der Waals surface area (Å²) in [5, 5.41) is 3.39. The lowest BCUT2D eigenvalue weighted by Gasteiger charge is -2.21. The maximum absolute atomic E-state index is 3.39. The van der Waals surface area contributed by atoms with E-state index in [9.17, 15) is 0 Å². The van der Waals surface area contributed by atoms with Crippen LogP contribution in [-0.2, 0) is 0 Å². The number of nitrogens with one attached hydrogen (secondary N) is 1. The van der Waals surface area contributed by atoms with Gasteiger partial charge in [-0.3, -0.25) is 0 Å². The van der Waals surface area contributed by atoms with E-state index < -0.39 is 0 Å². The van der Waals surface area contributed by atoms with Crippen LogP contribution in [0.3, 0.4) is 0 Å². The predicted octanol–water partition coefficient (Wildman–Crippen LogP) is 1.57. The zero-order chi connectivity index (χ0) is 8.85. The quantitative estimate of drug-likeness (QED) is 0.657. The average Bonchev–Trinajstić information content (AvgIpc) is 1.86. The Morgan fingerprint density at radius 2 is 1.82 bits per heavy atom. The summed E-state index contributed by atoms with van der Waals surface area (Å²) in [5.41, 5.74) is 0. The van der Waals surface area contributed by atoms with Crippen molar-refractivity contribution in [2.75, 3.05) is 20.1 Å². The molecule has 0 aromatic carbocycles. The molecule has 0 aliphatic rings. The molecule has 0 spiro atoms. The van der Waals surface area contributed by atoms with Crippen molar-refractivity contribution in [2.24, 2.45) is 0 Å². The van der Waals surface area contributed by atoms with Gasteiger partial charge in [-0.25, -0.2) is 0 Å². The van der Waals surface area contributed by atoms with E-state index in [4.69, 9.17) is 0 Å². The van der Waals surface area contributed by atoms with Crippen LogP contribution in [0.4, 0.5) is 0 Å². The van der Waals surface area contributed by atoms with Crippen molar-refractivity contribution in [3.05, 3.63) is 0 Å². The zero-order valence-electron chi connectivity index (χ0n) is 8.52. The lowest BCUT2D eigenvalue weighted by atomic mass is 10.3. The minimum Gasteiger partial charge on any atom is -0.313 e. The molecule has 0 heterocycles. The first-order valence-electron chi connectivity index (χ1n) is 4.47. The molecule has 0 aromatic rings. The van der Waals surface area contributed by atoms with E-state index in [2.05, 4.69) is 45.0 Å². The topological polar surface area (TPSA) is 15.3 Å². The summed E-state index contributed by atoms with van der Waals surface area (Å²) in [7, 11) is 2.16. The van der Waals surface area contributed by atoms with E-state index in [0.29, 0.717) is 12.1 Å². The molecule has 0 rings (SSSR count). The number of likely N-dealkylation sites (N-methyl/N-ethyl adjacent to an activating group) is 1. The Kier molecular flexibility index (Phi) is 5.51. The van der Waals surface area contributed by atoms with Crippen LogP contribution >= 0.6 is 0 Å². The smallest absolute Gasteiger partial charge is 0.0107 e. The molecule has 2 heteroatoms. The molecule has 0 aliphatic carbocycles. The molecule has 0 amide bonds. The highest BCUT2D eigenvalue weighted by Gasteiger charge is 2.01. The van der Waals surface area contributed by atoms with Crippen molar-refractivity contribution >= 4 is 0 Å². The van der Waals surface area contributed by atoms with Crippen LogP contribution in [-0.4, -0.2) is 37.1 Å². The molecular weight excluding hydrogens is 136 g/mol. The predicted molar refractivity (Wildman–Crippen MR) is 53.0 cm³/mol. The highest BCUT2D eigenvalue weighted by molar-refractivity contribution is 4.60. The van der Waals surface area contributed by atoms with Gasteiger partial charge in [0.2, 0.25) is 0 Å². The number of hydrogen-bond donors (Lipinski definition) is 1. The molecule has 0 aromatic heterocycles. The maximum atomic E-state index is 3.39. The normalized spacial score (nSPS) is 12.0. The molecule has 0 radical (unpaired) electrons. The van der Waals surface area contributed by atoms with Gasteiger partial charge < -0.3 is 10.2 Å². The van der Waals surface area contributed by atoms with Crippen molar-refractivity contribution in [3.63, 3.8) is 0 Å². The van der Waals surface area contributed by atoms with E-state index in [0.717, 1.165) is 13.1 Å². The number of rotatable bonds is 5. The SMILES string of the molecule is CC(C)NCCN(C)C(C)C.[HH]. The Hall–Kier alpha value is -0.0800. The summed E-state index contributed by atoms with van der Waals surface area (Å²) in [6.45, 7) is 11.0. The van der Waals surface area contributed by atoms with Gasteiger partial charge in [-0.15, -0.1) is 0 Å². The standard InChI is InChI=1S/C9H22N2.H2/c1-8(2)10-6-7-11(5)9(3)4;/h8-10H,6-7H2,1-5H3;1H. The summed E-state index contributed by atoms with van der Waals surface area (Å²) in [6, 6.07) is 1.26. The highest BCUT2D eigenvalue weighted by Crippen LogP contribution is 1.90. The Morgan fingerprint density at radius 1 is 1.27 bits per heavy atom. The van der Waals surface area contributed by atoms with E-state index in [1.54, 1.807) is 0 Å². The minimum absolute atomic E-state index is 0. The molecule has 0 bridgehead atoms. The first-order chi connectivity index (χ1) is 5.04. The molecule has 0 saturated heterocycles. The summed E-state index contributed by atoms with van der Waals surface area (Å²) in [4.78, 5) is 2.34. The summed E-state index contributed by atoms with van der Waals surface area (Å²) >= 11 is 0. The van der Waals surface area contributed by atoms with Crippen LogP contribution in [0.1, 0.15) is 29.1 Å². The summed E-state index contributed by atoms with van der Waals surface area (Å²) in [5.74, 6) is 0. The van der Waals surface area contributed by atoms with E-state index in [1.165, 1.54) is 0 Å². The highest BCUT2D eigenvalue weighted by atomic mass is 15.1. The number of nitrogens with zero attached hydrogens (tertiary/aromatic N) is 1. The van der Waals surface area contributed by atoms with E-state index in [-0.39, 0.29) is 1.43 Å². The molecule has 1 N–H and O–H groups in total. The van der Waals surface area contributed by atoms with Gasteiger partial charge >= 0.3 is 0 Å². The maximum Gasteiger partial charge on any atom is 0.0107 e. The molecule has 70 valence electrons. The molecule has 0 aliphatic heterocycles. The molecular formula is C9H24N2. The lowest BCUT2D eigenvalue weighted by Crippen LogP contribution is -2.36. The van der Waals surface area contributed by atoms with Gasteiger partial charge in [0.1, 0.15) is 0 Å². The second-order valence-corrected chi connectivity index (χ2v) is 3.68. The Labute approximate surface area is 72.5 Å². The van der Waals surface area contributed by atoms with Crippen LogP contribution < -0.4 is 5.32 Å². The minimum atomic E-state index is 0. The fourth-order valence-corrected chi connectivity index (χ4v) is 0.788. The summed E-state index contributed by atoms with van der Waals surface area (Å²) < 4.78 is 0. The van der Waals surface area contributed by atoms with Gasteiger partial charge in [0.15, 0.2) is 0 Å². The molecule has 2 nitrogen and oxygen atoms in total. The fraction of sp³-hybridized carbons (Fsp3) is 1.00. The molecule has 0 atom stereocenters. The van der Waals surface area contributed by atoms with Crippen molar-refractivity contribution < 1.29 is 1.43 Å². The van der Waals surface area contributed by atoms with Crippen LogP contribution in [0.5, 0.6) is 0 Å². The van der Waals surface area contributed by atoms with Gasteiger partial charge in [0.25, 0.3) is 0 Å². The van der Waals surface area contributed by atoms with Gasteiger partial charge in [-0.1, -0.05) is 13.8 Å². The van der Waals surface area contributed by atoms with Crippen LogP contribution in [0.2, 0.25) is 0 Å². The molecule has 0 unspecified atom stereocenters. The summed E-state index contributed by atoms with van der Waals surface area (Å²) in [6.07, 6.45) is 0. The second kappa shape index (κ2) is 5.56. The van der Waals surface area contributed by atoms with E-state index in [1.807, 2.05) is 0 Å². The van der Waals surface area contributed by atoms with E-state index >= 15 is 0 Å². The monoisotopic (exact) mass is 160 g/mol. The average molecular weight is 160 g/mol. The fourth-order valence-electron chi connectivity index (χ4n) is 0.788. The van der Waals surface area contributed by atoms with Crippen molar-refractivity contribution in [2.45, 2.75) is 39.8 Å². The Bertz CT molecular complexity index is 94.5. The Balaban J connectivity index is 0. The van der Waals surface area contributed by atoms with Gasteiger partial charge in [-0.2, -0.15) is 0 Å². The first-order valence-corrected chi connectivity index (χ1v) is 4.47. The van der Waals surface area contributed by atoms with Crippen LogP contribution in [0.15, 0.2) is 0 Å². The third-order valence-electron chi connectivity index (χ3n) is 1.90. The van der Waals surface area contributed by atoms with Gasteiger partial charge in [0.05, 0.1) is 0 Å². The third-order valence-corrected chi connectivity index (χ3v) is 1.90. The zero-order valence-corrected chi connectivity index (χ0v) is 8.52. The Morgan fingerprint density at radius 3 is 2.18 bits per heavy atom. The van der Waals surface area contributed by atoms with Crippen molar-refractivity contribution in [1.82, 2.24) is 10.2 Å². The first kappa shape index (κ1) is 10.9. The molecule has 0 saturated carbocycles. The van der Waals surface area contributed by atoms with Crippen LogP contribution in [0.25, 0.3) is 0 Å². The van der Waals surface area contributed by atoms with Gasteiger partial charge in [-0.05, 0) is 20.9 Å². The number of hydrogen-bond acceptors (Lipinski definition) is 2. The van der Waals surface area contributed by atoms with Crippen LogP contribution in [0, 0.1) is 0 Å². The van der Waals surface area contributed by atoms with Crippen molar-refractivity contribution in [1.29, 1.82) is 0 Å². The molecule has 11 heavy (non-hydrogen) atoms.